The van der Waals surface area contributed by atoms with Gasteiger partial charge < -0.3 is 0 Å². The maximum atomic E-state index is 12.3. The van der Waals surface area contributed by atoms with Gasteiger partial charge in [-0.1, -0.05) is 36.4 Å². The summed E-state index contributed by atoms with van der Waals surface area (Å²) in [7, 11) is 0. The van der Waals surface area contributed by atoms with Crippen molar-refractivity contribution in [1.29, 1.82) is 0 Å². The average Bonchev–Trinajstić information content (AvgIpc) is 3.04. The van der Waals surface area contributed by atoms with Crippen molar-refractivity contribution in [3.8, 4) is 0 Å². The van der Waals surface area contributed by atoms with E-state index in [1.54, 1.807) is 16.7 Å². The molecule has 4 nitrogen and oxygen atoms in total. The quantitative estimate of drug-likeness (QED) is 0.736. The van der Waals surface area contributed by atoms with Crippen molar-refractivity contribution in [1.82, 2.24) is 14.3 Å². The fraction of sp³-hybridized carbons (Fsp3) is 0.333. The summed E-state index contributed by atoms with van der Waals surface area (Å²) >= 11 is 0. The van der Waals surface area contributed by atoms with Crippen molar-refractivity contribution < 1.29 is 0 Å². The smallest absolute Gasteiger partial charge is 0.258 e. The molecule has 1 unspecified atom stereocenters. The van der Waals surface area contributed by atoms with E-state index in [4.69, 9.17) is 4.98 Å². The first-order valence-electron chi connectivity index (χ1n) is 8.93. The van der Waals surface area contributed by atoms with Gasteiger partial charge in [0.25, 0.3) is 5.56 Å². The molecule has 3 heterocycles. The topological polar surface area (TPSA) is 37.6 Å². The third-order valence-corrected chi connectivity index (χ3v) is 5.06. The van der Waals surface area contributed by atoms with Crippen LogP contribution in [0.25, 0.3) is 5.65 Å². The second kappa shape index (κ2) is 6.81. The number of likely N-dealkylation sites (tertiary alicyclic amines) is 1. The van der Waals surface area contributed by atoms with E-state index >= 15 is 0 Å². The number of hydrogen-bond acceptors (Lipinski definition) is 3. The van der Waals surface area contributed by atoms with Crippen molar-refractivity contribution in [3.05, 3.63) is 81.9 Å². The summed E-state index contributed by atoms with van der Waals surface area (Å²) in [4.78, 5) is 19.5. The molecule has 1 aliphatic rings. The van der Waals surface area contributed by atoms with Crippen LogP contribution in [0.5, 0.6) is 0 Å². The molecule has 1 fully saturated rings. The first-order valence-corrected chi connectivity index (χ1v) is 8.93. The van der Waals surface area contributed by atoms with Crippen molar-refractivity contribution in [2.24, 2.45) is 5.92 Å². The minimum Gasteiger partial charge on any atom is -0.297 e. The molecule has 1 aliphatic heterocycles. The number of fused-ring (bicyclic) bond motifs is 1. The predicted octanol–water partition coefficient (Wildman–Crippen LogP) is 3.07. The Morgan fingerprint density at radius 1 is 1.16 bits per heavy atom. The molecule has 0 spiro atoms. The molecule has 3 aromatic rings. The molecule has 25 heavy (non-hydrogen) atoms. The van der Waals surface area contributed by atoms with Crippen LogP contribution in [-0.4, -0.2) is 27.4 Å². The van der Waals surface area contributed by atoms with E-state index in [1.807, 2.05) is 19.1 Å². The Balaban J connectivity index is 1.47. The molecule has 0 N–H and O–H groups in total. The maximum absolute atomic E-state index is 12.3. The Hall–Kier alpha value is -2.46. The molecule has 0 saturated carbocycles. The van der Waals surface area contributed by atoms with Crippen molar-refractivity contribution in [3.63, 3.8) is 0 Å². The van der Waals surface area contributed by atoms with Crippen LogP contribution in [0.3, 0.4) is 0 Å². The number of rotatable bonds is 4. The largest absolute Gasteiger partial charge is 0.297 e. The lowest BCUT2D eigenvalue weighted by Crippen LogP contribution is -2.24. The molecule has 1 saturated heterocycles. The maximum Gasteiger partial charge on any atom is 0.258 e. The van der Waals surface area contributed by atoms with Gasteiger partial charge in [-0.05, 0) is 49.4 Å². The molecule has 0 amide bonds. The van der Waals surface area contributed by atoms with Gasteiger partial charge in [0, 0.05) is 25.4 Å². The zero-order valence-electron chi connectivity index (χ0n) is 14.6. The minimum absolute atomic E-state index is 0.00346. The van der Waals surface area contributed by atoms with Crippen LogP contribution < -0.4 is 5.56 Å². The third kappa shape index (κ3) is 3.49. The van der Waals surface area contributed by atoms with Gasteiger partial charge in [-0.2, -0.15) is 0 Å². The standard InChI is InChI=1S/C21H23N3O/c1-16-6-5-10-24-20(25)13-19(22-21(16)24)15-23-11-9-18(14-23)12-17-7-3-2-4-8-17/h2-8,10,13,18H,9,11-12,14-15H2,1H3. The van der Waals surface area contributed by atoms with Crippen molar-refractivity contribution in [2.45, 2.75) is 26.3 Å². The van der Waals surface area contributed by atoms with Gasteiger partial charge in [-0.25, -0.2) is 4.98 Å². The first kappa shape index (κ1) is 16.0. The summed E-state index contributed by atoms with van der Waals surface area (Å²) in [5.41, 5.74) is 4.09. The Kier molecular flexibility index (Phi) is 4.36. The summed E-state index contributed by atoms with van der Waals surface area (Å²) in [6, 6.07) is 16.3. The molecular weight excluding hydrogens is 310 g/mol. The minimum atomic E-state index is 0.00346. The molecular formula is C21H23N3O. The monoisotopic (exact) mass is 333 g/mol. The fourth-order valence-electron chi connectivity index (χ4n) is 3.79. The Morgan fingerprint density at radius 2 is 2.00 bits per heavy atom. The van der Waals surface area contributed by atoms with Crippen LogP contribution in [0, 0.1) is 12.8 Å². The van der Waals surface area contributed by atoms with Gasteiger partial charge in [-0.3, -0.25) is 14.1 Å². The Morgan fingerprint density at radius 3 is 2.84 bits per heavy atom. The molecule has 1 atom stereocenters. The SMILES string of the molecule is Cc1cccn2c(=O)cc(CN3CCC(Cc4ccccc4)C3)nc12. The number of pyridine rings is 1. The summed E-state index contributed by atoms with van der Waals surface area (Å²) in [5, 5.41) is 0. The highest BCUT2D eigenvalue weighted by Crippen LogP contribution is 2.22. The summed E-state index contributed by atoms with van der Waals surface area (Å²) in [6.45, 7) is 4.90. The second-order valence-electron chi connectivity index (χ2n) is 7.05. The van der Waals surface area contributed by atoms with Crippen LogP contribution in [0.2, 0.25) is 0 Å². The predicted molar refractivity (Wildman–Crippen MR) is 99.7 cm³/mol. The van der Waals surface area contributed by atoms with E-state index in [0.29, 0.717) is 5.92 Å². The third-order valence-electron chi connectivity index (χ3n) is 5.06. The molecule has 4 heteroatoms. The second-order valence-corrected chi connectivity index (χ2v) is 7.05. The van der Waals surface area contributed by atoms with Crippen LogP contribution in [-0.2, 0) is 13.0 Å². The fourth-order valence-corrected chi connectivity index (χ4v) is 3.79. The summed E-state index contributed by atoms with van der Waals surface area (Å²) in [5.74, 6) is 0.686. The lowest BCUT2D eigenvalue weighted by Gasteiger charge is -2.16. The molecule has 0 aliphatic carbocycles. The number of aryl methyl sites for hydroxylation is 1. The Labute approximate surface area is 147 Å². The van der Waals surface area contributed by atoms with E-state index in [1.165, 1.54) is 12.0 Å². The summed E-state index contributed by atoms with van der Waals surface area (Å²) in [6.07, 6.45) is 4.12. The van der Waals surface area contributed by atoms with Gasteiger partial charge in [-0.15, -0.1) is 0 Å². The molecule has 4 rings (SSSR count). The molecule has 0 bridgehead atoms. The van der Waals surface area contributed by atoms with Gasteiger partial charge >= 0.3 is 0 Å². The van der Waals surface area contributed by atoms with E-state index in [2.05, 4.69) is 35.2 Å². The lowest BCUT2D eigenvalue weighted by atomic mass is 9.99. The van der Waals surface area contributed by atoms with Gasteiger partial charge in [0.2, 0.25) is 0 Å². The van der Waals surface area contributed by atoms with Crippen LogP contribution in [0.1, 0.15) is 23.2 Å². The summed E-state index contributed by atoms with van der Waals surface area (Å²) < 4.78 is 1.63. The zero-order valence-corrected chi connectivity index (χ0v) is 14.6. The van der Waals surface area contributed by atoms with E-state index in [0.717, 1.165) is 43.0 Å². The highest BCUT2D eigenvalue weighted by Gasteiger charge is 2.23. The number of benzene rings is 1. The highest BCUT2D eigenvalue weighted by molar-refractivity contribution is 5.46. The highest BCUT2D eigenvalue weighted by atomic mass is 16.1. The van der Waals surface area contributed by atoms with E-state index in [-0.39, 0.29) is 5.56 Å². The molecule has 2 aromatic heterocycles. The van der Waals surface area contributed by atoms with Crippen molar-refractivity contribution >= 4 is 5.65 Å². The van der Waals surface area contributed by atoms with Crippen LogP contribution >= 0.6 is 0 Å². The van der Waals surface area contributed by atoms with Gasteiger partial charge in [0.05, 0.1) is 5.69 Å². The van der Waals surface area contributed by atoms with Gasteiger partial charge in [0.15, 0.2) is 0 Å². The van der Waals surface area contributed by atoms with Crippen LogP contribution in [0.4, 0.5) is 0 Å². The molecule has 128 valence electrons. The van der Waals surface area contributed by atoms with Gasteiger partial charge in [0.1, 0.15) is 5.65 Å². The van der Waals surface area contributed by atoms with E-state index < -0.39 is 0 Å². The average molecular weight is 333 g/mol. The zero-order chi connectivity index (χ0) is 17.2. The molecule has 0 radical (unpaired) electrons. The van der Waals surface area contributed by atoms with Crippen molar-refractivity contribution in [2.75, 3.05) is 13.1 Å². The van der Waals surface area contributed by atoms with Crippen LogP contribution in [0.15, 0.2) is 59.5 Å². The number of hydrogen-bond donors (Lipinski definition) is 0. The first-order chi connectivity index (χ1) is 12.2. The number of aromatic nitrogens is 2. The Bertz CT molecular complexity index is 933. The molecule has 1 aromatic carbocycles. The van der Waals surface area contributed by atoms with E-state index in [9.17, 15) is 4.79 Å². The number of nitrogens with zero attached hydrogens (tertiary/aromatic N) is 3. The lowest BCUT2D eigenvalue weighted by molar-refractivity contribution is 0.312. The normalized spacial score (nSPS) is 18.0.